The van der Waals surface area contributed by atoms with Crippen molar-refractivity contribution in [1.82, 2.24) is 15.5 Å². The molecular formula is C12H19N3O3. The fourth-order valence-corrected chi connectivity index (χ4v) is 2.38. The third-order valence-corrected chi connectivity index (χ3v) is 4.03. The minimum Gasteiger partial charge on any atom is -0.339 e. The Morgan fingerprint density at radius 3 is 2.61 bits per heavy atom. The lowest BCUT2D eigenvalue weighted by molar-refractivity contribution is -0.139. The second kappa shape index (κ2) is 3.96. The molecule has 6 nitrogen and oxygen atoms in total. The summed E-state index contributed by atoms with van der Waals surface area (Å²) < 4.78 is 0. The number of rotatable bonds is 2. The molecule has 1 atom stereocenters. The van der Waals surface area contributed by atoms with E-state index < -0.39 is 17.0 Å². The van der Waals surface area contributed by atoms with Gasteiger partial charge in [-0.15, -0.1) is 0 Å². The summed E-state index contributed by atoms with van der Waals surface area (Å²) in [5, 5.41) is 4.87. The molecule has 1 unspecified atom stereocenters. The third kappa shape index (κ3) is 1.85. The molecule has 0 saturated carbocycles. The van der Waals surface area contributed by atoms with E-state index in [1.165, 1.54) is 0 Å². The molecule has 18 heavy (non-hydrogen) atoms. The molecule has 2 rings (SSSR count). The molecule has 4 amide bonds. The van der Waals surface area contributed by atoms with Crippen LogP contribution in [0.5, 0.6) is 0 Å². The number of hydrogen-bond acceptors (Lipinski definition) is 3. The predicted octanol–water partition coefficient (Wildman–Crippen LogP) is 0.233. The zero-order valence-corrected chi connectivity index (χ0v) is 11.0. The van der Waals surface area contributed by atoms with Crippen molar-refractivity contribution in [2.24, 2.45) is 5.41 Å². The van der Waals surface area contributed by atoms with E-state index in [9.17, 15) is 14.4 Å². The van der Waals surface area contributed by atoms with Crippen LogP contribution in [-0.2, 0) is 9.59 Å². The lowest BCUT2D eigenvalue weighted by atomic mass is 9.88. The van der Waals surface area contributed by atoms with Gasteiger partial charge in [0.25, 0.3) is 5.91 Å². The maximum atomic E-state index is 12.3. The quantitative estimate of drug-likeness (QED) is 0.692. The first-order valence-electron chi connectivity index (χ1n) is 6.24. The molecule has 6 heteroatoms. The number of urea groups is 1. The van der Waals surface area contributed by atoms with Crippen LogP contribution in [0.2, 0.25) is 0 Å². The van der Waals surface area contributed by atoms with Crippen LogP contribution in [-0.4, -0.2) is 41.4 Å². The maximum absolute atomic E-state index is 12.3. The Morgan fingerprint density at radius 1 is 1.44 bits per heavy atom. The summed E-state index contributed by atoms with van der Waals surface area (Å²) in [7, 11) is 0. The van der Waals surface area contributed by atoms with Gasteiger partial charge >= 0.3 is 6.03 Å². The van der Waals surface area contributed by atoms with Crippen LogP contribution in [0, 0.1) is 5.41 Å². The van der Waals surface area contributed by atoms with Crippen LogP contribution in [0.4, 0.5) is 4.79 Å². The van der Waals surface area contributed by atoms with E-state index >= 15 is 0 Å². The number of nitrogens with zero attached hydrogens (tertiary/aromatic N) is 1. The number of carbonyl (C=O) groups is 3. The number of carbonyl (C=O) groups excluding carboxylic acids is 3. The molecule has 0 aliphatic carbocycles. The van der Waals surface area contributed by atoms with E-state index in [2.05, 4.69) is 10.6 Å². The predicted molar refractivity (Wildman–Crippen MR) is 64.7 cm³/mol. The Kier molecular flexibility index (Phi) is 2.83. The zero-order chi connectivity index (χ0) is 13.6. The van der Waals surface area contributed by atoms with E-state index in [-0.39, 0.29) is 18.4 Å². The molecule has 2 fully saturated rings. The Bertz CT molecular complexity index is 419. The molecule has 0 aromatic carbocycles. The van der Waals surface area contributed by atoms with Gasteiger partial charge in [-0.1, -0.05) is 20.8 Å². The lowest BCUT2D eigenvalue weighted by Crippen LogP contribution is -2.50. The van der Waals surface area contributed by atoms with Gasteiger partial charge in [0.1, 0.15) is 5.54 Å². The van der Waals surface area contributed by atoms with Crippen molar-refractivity contribution in [1.29, 1.82) is 0 Å². The minimum absolute atomic E-state index is 0.0378. The highest BCUT2D eigenvalue weighted by Gasteiger charge is 2.52. The van der Waals surface area contributed by atoms with Gasteiger partial charge in [-0.2, -0.15) is 0 Å². The average molecular weight is 253 g/mol. The van der Waals surface area contributed by atoms with Gasteiger partial charge in [0.15, 0.2) is 0 Å². The van der Waals surface area contributed by atoms with Gasteiger partial charge in [0.2, 0.25) is 5.91 Å². The molecule has 0 aromatic rings. The molecule has 2 aliphatic rings. The summed E-state index contributed by atoms with van der Waals surface area (Å²) >= 11 is 0. The van der Waals surface area contributed by atoms with Crippen molar-refractivity contribution in [2.45, 2.75) is 39.2 Å². The van der Waals surface area contributed by atoms with Crippen LogP contribution in [0.15, 0.2) is 0 Å². The Labute approximate surface area is 106 Å². The highest BCUT2D eigenvalue weighted by atomic mass is 16.2. The number of imide groups is 1. The summed E-state index contributed by atoms with van der Waals surface area (Å²) in [6.07, 6.45) is 1.23. The lowest BCUT2D eigenvalue weighted by Gasteiger charge is -2.29. The van der Waals surface area contributed by atoms with Crippen molar-refractivity contribution < 1.29 is 14.4 Å². The standard InChI is InChI=1S/C12H19N3O3/c1-4-11(2,3)9(17)15-6-5-12(7-15)8(16)13-10(18)14-12/h4-7H2,1-3H3,(H2,13,14,16,18). The molecule has 2 saturated heterocycles. The molecule has 2 aliphatic heterocycles. The van der Waals surface area contributed by atoms with Crippen LogP contribution in [0.25, 0.3) is 0 Å². The number of amides is 4. The third-order valence-electron chi connectivity index (χ3n) is 4.03. The van der Waals surface area contributed by atoms with E-state index in [1.54, 1.807) is 4.90 Å². The smallest absolute Gasteiger partial charge is 0.322 e. The largest absolute Gasteiger partial charge is 0.339 e. The molecule has 2 N–H and O–H groups in total. The first kappa shape index (κ1) is 12.9. The van der Waals surface area contributed by atoms with E-state index in [0.717, 1.165) is 6.42 Å². The van der Waals surface area contributed by atoms with Crippen LogP contribution >= 0.6 is 0 Å². The fourth-order valence-electron chi connectivity index (χ4n) is 2.38. The summed E-state index contributed by atoms with van der Waals surface area (Å²) in [6.45, 7) is 6.54. The van der Waals surface area contributed by atoms with E-state index in [1.807, 2.05) is 20.8 Å². The van der Waals surface area contributed by atoms with Crippen molar-refractivity contribution >= 4 is 17.8 Å². The first-order valence-corrected chi connectivity index (χ1v) is 6.24. The van der Waals surface area contributed by atoms with Crippen molar-refractivity contribution in [3.05, 3.63) is 0 Å². The number of hydrogen-bond donors (Lipinski definition) is 2. The molecular weight excluding hydrogens is 234 g/mol. The Morgan fingerprint density at radius 2 is 2.11 bits per heavy atom. The minimum atomic E-state index is -0.906. The summed E-state index contributed by atoms with van der Waals surface area (Å²) in [5.41, 5.74) is -1.33. The van der Waals surface area contributed by atoms with Gasteiger partial charge in [-0.05, 0) is 12.8 Å². The number of likely N-dealkylation sites (tertiary alicyclic amines) is 1. The van der Waals surface area contributed by atoms with E-state index in [4.69, 9.17) is 0 Å². The molecule has 0 aromatic heterocycles. The maximum Gasteiger partial charge on any atom is 0.322 e. The summed E-state index contributed by atoms with van der Waals surface area (Å²) in [5.74, 6) is -0.284. The van der Waals surface area contributed by atoms with Crippen molar-refractivity contribution in [3.8, 4) is 0 Å². The highest BCUT2D eigenvalue weighted by molar-refractivity contribution is 6.07. The van der Waals surface area contributed by atoms with Crippen LogP contribution < -0.4 is 10.6 Å². The Hall–Kier alpha value is -1.59. The normalized spacial score (nSPS) is 27.6. The monoisotopic (exact) mass is 253 g/mol. The Balaban J connectivity index is 2.12. The number of nitrogens with one attached hydrogen (secondary N) is 2. The molecule has 1 spiro atoms. The van der Waals surface area contributed by atoms with Crippen molar-refractivity contribution in [2.75, 3.05) is 13.1 Å². The van der Waals surface area contributed by atoms with Gasteiger partial charge in [-0.25, -0.2) is 4.79 Å². The second-order valence-electron chi connectivity index (χ2n) is 5.70. The van der Waals surface area contributed by atoms with Crippen LogP contribution in [0.1, 0.15) is 33.6 Å². The van der Waals surface area contributed by atoms with Crippen molar-refractivity contribution in [3.63, 3.8) is 0 Å². The van der Waals surface area contributed by atoms with Gasteiger partial charge in [0, 0.05) is 12.0 Å². The topological polar surface area (TPSA) is 78.5 Å². The van der Waals surface area contributed by atoms with E-state index in [0.29, 0.717) is 13.0 Å². The highest BCUT2D eigenvalue weighted by Crippen LogP contribution is 2.30. The second-order valence-corrected chi connectivity index (χ2v) is 5.70. The summed E-state index contributed by atoms with van der Waals surface area (Å²) in [6, 6.07) is -0.468. The van der Waals surface area contributed by atoms with Gasteiger partial charge in [-0.3, -0.25) is 14.9 Å². The first-order chi connectivity index (χ1) is 8.31. The molecule has 100 valence electrons. The molecule has 0 bridgehead atoms. The van der Waals surface area contributed by atoms with Gasteiger partial charge in [0.05, 0.1) is 6.54 Å². The SMILES string of the molecule is CCC(C)(C)C(=O)N1CCC2(C1)NC(=O)NC2=O. The fraction of sp³-hybridized carbons (Fsp3) is 0.750. The molecule has 0 radical (unpaired) electrons. The zero-order valence-electron chi connectivity index (χ0n) is 11.0. The molecule has 2 heterocycles. The summed E-state index contributed by atoms with van der Waals surface area (Å²) in [4.78, 5) is 36.9. The average Bonchev–Trinajstić information content (AvgIpc) is 2.84. The van der Waals surface area contributed by atoms with Crippen LogP contribution in [0.3, 0.4) is 0 Å². The van der Waals surface area contributed by atoms with Gasteiger partial charge < -0.3 is 10.2 Å².